The van der Waals surface area contributed by atoms with E-state index in [4.69, 9.17) is 11.6 Å². The van der Waals surface area contributed by atoms with Crippen LogP contribution in [0.2, 0.25) is 0 Å². The van der Waals surface area contributed by atoms with Gasteiger partial charge in [-0.15, -0.1) is 11.6 Å². The number of hydrogen-bond donors (Lipinski definition) is 0. The Morgan fingerprint density at radius 2 is 2.33 bits per heavy atom. The topological polar surface area (TPSA) is 30.0 Å². The van der Waals surface area contributed by atoms with Crippen molar-refractivity contribution in [2.75, 3.05) is 5.88 Å². The van der Waals surface area contributed by atoms with E-state index in [1.165, 1.54) is 0 Å². The molecular weight excluding hydrogens is 174 g/mol. The Morgan fingerprint density at radius 1 is 1.50 bits per heavy atom. The average Bonchev–Trinajstić information content (AvgIpc) is 2.06. The van der Waals surface area contributed by atoms with E-state index in [2.05, 4.69) is 4.98 Å². The molecule has 1 heterocycles. The van der Waals surface area contributed by atoms with Crippen molar-refractivity contribution < 1.29 is 4.79 Å². The molecule has 0 amide bonds. The number of aromatic nitrogens is 1. The molecule has 2 nitrogen and oxygen atoms in total. The van der Waals surface area contributed by atoms with Gasteiger partial charge in [0.25, 0.3) is 0 Å². The second-order valence-electron chi connectivity index (χ2n) is 2.48. The van der Waals surface area contributed by atoms with Gasteiger partial charge in [0, 0.05) is 30.6 Å². The van der Waals surface area contributed by atoms with E-state index in [0.717, 1.165) is 5.69 Å². The minimum Gasteiger partial charge on any atom is -0.299 e. The van der Waals surface area contributed by atoms with Crippen molar-refractivity contribution in [1.29, 1.82) is 0 Å². The van der Waals surface area contributed by atoms with Gasteiger partial charge in [-0.3, -0.25) is 9.78 Å². The molecule has 3 heteroatoms. The largest absolute Gasteiger partial charge is 0.299 e. The van der Waals surface area contributed by atoms with Gasteiger partial charge in [-0.25, -0.2) is 0 Å². The average molecular weight is 184 g/mol. The van der Waals surface area contributed by atoms with Crippen LogP contribution in [0, 0.1) is 0 Å². The van der Waals surface area contributed by atoms with Crippen LogP contribution < -0.4 is 0 Å². The second-order valence-corrected chi connectivity index (χ2v) is 2.85. The van der Waals surface area contributed by atoms with E-state index in [-0.39, 0.29) is 5.78 Å². The highest BCUT2D eigenvalue weighted by Crippen LogP contribution is 1.98. The van der Waals surface area contributed by atoms with Crippen molar-refractivity contribution in [2.45, 2.75) is 12.8 Å². The highest BCUT2D eigenvalue weighted by atomic mass is 35.5. The molecular formula is C9H10ClNO. The normalized spacial score (nSPS) is 9.75. The Labute approximate surface area is 76.6 Å². The highest BCUT2D eigenvalue weighted by Gasteiger charge is 2.02. The Hall–Kier alpha value is -0.890. The summed E-state index contributed by atoms with van der Waals surface area (Å²) in [6, 6.07) is 5.54. The van der Waals surface area contributed by atoms with Gasteiger partial charge in [0.15, 0.2) is 0 Å². The predicted molar refractivity (Wildman–Crippen MR) is 48.3 cm³/mol. The fraction of sp³-hybridized carbons (Fsp3) is 0.333. The van der Waals surface area contributed by atoms with Crippen LogP contribution in [0.1, 0.15) is 12.1 Å². The van der Waals surface area contributed by atoms with Gasteiger partial charge in [0.1, 0.15) is 5.78 Å². The maximum Gasteiger partial charge on any atom is 0.140 e. The first kappa shape index (κ1) is 9.20. The van der Waals surface area contributed by atoms with Crippen molar-refractivity contribution >= 4 is 17.4 Å². The lowest BCUT2D eigenvalue weighted by Crippen LogP contribution is -2.04. The first-order valence-electron chi connectivity index (χ1n) is 3.80. The van der Waals surface area contributed by atoms with Crippen molar-refractivity contribution in [3.05, 3.63) is 30.1 Å². The lowest BCUT2D eigenvalue weighted by atomic mass is 10.2. The quantitative estimate of drug-likeness (QED) is 0.667. The van der Waals surface area contributed by atoms with Crippen LogP contribution in [0.15, 0.2) is 24.4 Å². The van der Waals surface area contributed by atoms with Gasteiger partial charge in [-0.1, -0.05) is 6.07 Å². The monoisotopic (exact) mass is 183 g/mol. The van der Waals surface area contributed by atoms with Gasteiger partial charge in [-0.05, 0) is 12.1 Å². The number of Topliss-reactive ketones (excluding diaryl/α,β-unsaturated/α-hetero) is 1. The van der Waals surface area contributed by atoms with Crippen molar-refractivity contribution in [3.8, 4) is 0 Å². The molecule has 0 aliphatic carbocycles. The summed E-state index contributed by atoms with van der Waals surface area (Å²) in [6.45, 7) is 0. The molecule has 0 fully saturated rings. The molecule has 0 aliphatic rings. The highest BCUT2D eigenvalue weighted by molar-refractivity contribution is 6.19. The number of halogens is 1. The number of hydrogen-bond acceptors (Lipinski definition) is 2. The van der Waals surface area contributed by atoms with Gasteiger partial charge in [0.2, 0.25) is 0 Å². The molecule has 0 aliphatic heterocycles. The number of ketones is 1. The zero-order valence-electron chi connectivity index (χ0n) is 6.66. The molecule has 0 saturated carbocycles. The molecule has 0 atom stereocenters. The molecule has 1 aromatic heterocycles. The standard InChI is InChI=1S/C9H10ClNO/c10-5-4-9(12)7-8-3-1-2-6-11-8/h1-3,6H,4-5,7H2. The number of carbonyl (C=O) groups is 1. The lowest BCUT2D eigenvalue weighted by Gasteiger charge is -1.96. The molecule has 0 aromatic carbocycles. The van der Waals surface area contributed by atoms with Crippen molar-refractivity contribution in [3.63, 3.8) is 0 Å². The Kier molecular flexibility index (Phi) is 3.74. The molecule has 0 saturated heterocycles. The minimum atomic E-state index is 0.142. The summed E-state index contributed by atoms with van der Waals surface area (Å²) in [7, 11) is 0. The third-order valence-electron chi connectivity index (χ3n) is 1.48. The minimum absolute atomic E-state index is 0.142. The summed E-state index contributed by atoms with van der Waals surface area (Å²) in [5, 5.41) is 0. The van der Waals surface area contributed by atoms with Crippen LogP contribution >= 0.6 is 11.6 Å². The number of nitrogens with zero attached hydrogens (tertiary/aromatic N) is 1. The van der Waals surface area contributed by atoms with Gasteiger partial charge < -0.3 is 0 Å². The number of alkyl halides is 1. The fourth-order valence-corrected chi connectivity index (χ4v) is 1.11. The van der Waals surface area contributed by atoms with E-state index < -0.39 is 0 Å². The third-order valence-corrected chi connectivity index (χ3v) is 1.67. The summed E-state index contributed by atoms with van der Waals surface area (Å²) in [6.07, 6.45) is 2.51. The number of pyridine rings is 1. The Morgan fingerprint density at radius 3 is 2.92 bits per heavy atom. The van der Waals surface area contributed by atoms with Crippen LogP contribution in [0.4, 0.5) is 0 Å². The van der Waals surface area contributed by atoms with Crippen LogP contribution in [0.3, 0.4) is 0 Å². The summed E-state index contributed by atoms with van der Waals surface area (Å²) < 4.78 is 0. The van der Waals surface area contributed by atoms with Gasteiger partial charge in [-0.2, -0.15) is 0 Å². The molecule has 1 aromatic rings. The zero-order valence-corrected chi connectivity index (χ0v) is 7.42. The van der Waals surface area contributed by atoms with E-state index in [1.54, 1.807) is 6.20 Å². The molecule has 12 heavy (non-hydrogen) atoms. The van der Waals surface area contributed by atoms with Gasteiger partial charge in [0.05, 0.1) is 0 Å². The zero-order chi connectivity index (χ0) is 8.81. The van der Waals surface area contributed by atoms with Crippen LogP contribution in [0.25, 0.3) is 0 Å². The molecule has 0 N–H and O–H groups in total. The molecule has 0 radical (unpaired) electrons. The first-order valence-corrected chi connectivity index (χ1v) is 4.34. The molecule has 0 spiro atoms. The maximum atomic E-state index is 11.1. The SMILES string of the molecule is O=C(CCCl)Cc1ccccn1. The first-order chi connectivity index (χ1) is 5.83. The lowest BCUT2D eigenvalue weighted by molar-refractivity contribution is -0.118. The molecule has 0 unspecified atom stereocenters. The van der Waals surface area contributed by atoms with Crippen molar-refractivity contribution in [1.82, 2.24) is 4.98 Å². The van der Waals surface area contributed by atoms with E-state index in [0.29, 0.717) is 18.7 Å². The molecule has 1 rings (SSSR count). The van der Waals surface area contributed by atoms with E-state index in [9.17, 15) is 4.79 Å². The van der Waals surface area contributed by atoms with E-state index in [1.807, 2.05) is 18.2 Å². The summed E-state index contributed by atoms with van der Waals surface area (Å²) in [5.74, 6) is 0.537. The second kappa shape index (κ2) is 4.88. The predicted octanol–water partition coefficient (Wildman–Crippen LogP) is 1.82. The van der Waals surface area contributed by atoms with Crippen LogP contribution in [-0.4, -0.2) is 16.6 Å². The van der Waals surface area contributed by atoms with Crippen LogP contribution in [0.5, 0.6) is 0 Å². The smallest absolute Gasteiger partial charge is 0.140 e. The van der Waals surface area contributed by atoms with Crippen LogP contribution in [-0.2, 0) is 11.2 Å². The van der Waals surface area contributed by atoms with E-state index >= 15 is 0 Å². The van der Waals surface area contributed by atoms with Gasteiger partial charge >= 0.3 is 0 Å². The summed E-state index contributed by atoms with van der Waals surface area (Å²) in [5.41, 5.74) is 0.813. The third kappa shape index (κ3) is 3.01. The Bertz CT molecular complexity index is 248. The number of rotatable bonds is 4. The summed E-state index contributed by atoms with van der Waals surface area (Å²) >= 11 is 5.42. The number of carbonyl (C=O) groups excluding carboxylic acids is 1. The molecule has 0 bridgehead atoms. The van der Waals surface area contributed by atoms with Crippen molar-refractivity contribution in [2.24, 2.45) is 0 Å². The Balaban J connectivity index is 2.47. The summed E-state index contributed by atoms with van der Waals surface area (Å²) in [4.78, 5) is 15.1. The fourth-order valence-electron chi connectivity index (χ4n) is 0.898. The molecule has 64 valence electrons. The maximum absolute atomic E-state index is 11.1.